The second-order valence-electron chi connectivity index (χ2n) is 4.16. The molecule has 0 saturated carbocycles. The van der Waals surface area contributed by atoms with Gasteiger partial charge in [0.05, 0.1) is 5.60 Å². The molecular weight excluding hydrogens is 190 g/mol. The Morgan fingerprint density at radius 2 is 1.67 bits per heavy atom. The third-order valence-electron chi connectivity index (χ3n) is 3.26. The highest BCUT2D eigenvalue weighted by molar-refractivity contribution is 5.78. The van der Waals surface area contributed by atoms with Crippen LogP contribution in [0.5, 0.6) is 0 Å². The van der Waals surface area contributed by atoms with Crippen molar-refractivity contribution in [2.45, 2.75) is 59.0 Å². The summed E-state index contributed by atoms with van der Waals surface area (Å²) in [5.41, 5.74) is -0.734. The number of amides is 1. The van der Waals surface area contributed by atoms with Gasteiger partial charge in [-0.15, -0.1) is 0 Å². The standard InChI is InChI=1S/C12H25NO2/c1-5-10(6-2)11(14)13-9-12(15,7-3)8-4/h10,15H,5-9H2,1-4H3,(H,13,14). The van der Waals surface area contributed by atoms with Crippen molar-refractivity contribution in [3.63, 3.8) is 0 Å². The predicted octanol–water partition coefficient (Wildman–Crippen LogP) is 2.09. The fourth-order valence-corrected chi connectivity index (χ4v) is 1.56. The Morgan fingerprint density at radius 3 is 2.00 bits per heavy atom. The first-order chi connectivity index (χ1) is 7.02. The van der Waals surface area contributed by atoms with Crippen molar-refractivity contribution in [1.29, 1.82) is 0 Å². The molecule has 0 rings (SSSR count). The molecule has 0 aromatic carbocycles. The molecule has 0 heterocycles. The molecule has 0 bridgehead atoms. The highest BCUT2D eigenvalue weighted by atomic mass is 16.3. The number of hydrogen-bond donors (Lipinski definition) is 2. The van der Waals surface area contributed by atoms with Crippen LogP contribution in [0.2, 0.25) is 0 Å². The Labute approximate surface area is 93.3 Å². The van der Waals surface area contributed by atoms with E-state index in [-0.39, 0.29) is 11.8 Å². The minimum absolute atomic E-state index is 0.0697. The Bertz CT molecular complexity index is 184. The summed E-state index contributed by atoms with van der Waals surface area (Å²) in [4.78, 5) is 11.7. The summed E-state index contributed by atoms with van der Waals surface area (Å²) in [7, 11) is 0. The van der Waals surface area contributed by atoms with Crippen LogP contribution in [0.1, 0.15) is 53.4 Å². The summed E-state index contributed by atoms with van der Waals surface area (Å²) in [6.07, 6.45) is 3.07. The van der Waals surface area contributed by atoms with E-state index in [0.717, 1.165) is 12.8 Å². The molecule has 3 nitrogen and oxygen atoms in total. The van der Waals surface area contributed by atoms with Gasteiger partial charge in [-0.1, -0.05) is 27.7 Å². The van der Waals surface area contributed by atoms with Gasteiger partial charge in [0.1, 0.15) is 0 Å². The maximum absolute atomic E-state index is 11.7. The molecule has 0 saturated heterocycles. The van der Waals surface area contributed by atoms with Gasteiger partial charge in [0, 0.05) is 12.5 Å². The topological polar surface area (TPSA) is 49.3 Å². The summed E-state index contributed by atoms with van der Waals surface area (Å²) in [6.45, 7) is 8.27. The van der Waals surface area contributed by atoms with Crippen LogP contribution < -0.4 is 5.32 Å². The van der Waals surface area contributed by atoms with Gasteiger partial charge in [0.25, 0.3) is 0 Å². The lowest BCUT2D eigenvalue weighted by atomic mass is 9.96. The van der Waals surface area contributed by atoms with E-state index in [2.05, 4.69) is 5.32 Å². The maximum Gasteiger partial charge on any atom is 0.223 e. The molecular formula is C12H25NO2. The number of nitrogens with one attached hydrogen (secondary N) is 1. The van der Waals surface area contributed by atoms with Crippen molar-refractivity contribution in [3.8, 4) is 0 Å². The zero-order valence-electron chi connectivity index (χ0n) is 10.5. The molecule has 2 N–H and O–H groups in total. The van der Waals surface area contributed by atoms with E-state index in [1.807, 2.05) is 27.7 Å². The lowest BCUT2D eigenvalue weighted by Crippen LogP contribution is -2.43. The third kappa shape index (κ3) is 4.65. The smallest absolute Gasteiger partial charge is 0.223 e. The highest BCUT2D eigenvalue weighted by Gasteiger charge is 2.24. The van der Waals surface area contributed by atoms with Gasteiger partial charge in [0.2, 0.25) is 5.91 Å². The zero-order valence-corrected chi connectivity index (χ0v) is 10.5. The van der Waals surface area contributed by atoms with Crippen molar-refractivity contribution >= 4 is 5.91 Å². The number of carbonyl (C=O) groups is 1. The summed E-state index contributed by atoms with van der Waals surface area (Å²) >= 11 is 0. The average molecular weight is 215 g/mol. The molecule has 0 spiro atoms. The second-order valence-corrected chi connectivity index (χ2v) is 4.16. The quantitative estimate of drug-likeness (QED) is 0.683. The van der Waals surface area contributed by atoms with Crippen LogP contribution in [0.25, 0.3) is 0 Å². The van der Waals surface area contributed by atoms with E-state index >= 15 is 0 Å². The van der Waals surface area contributed by atoms with Crippen LogP contribution in [-0.4, -0.2) is 23.2 Å². The van der Waals surface area contributed by atoms with E-state index in [1.54, 1.807) is 0 Å². The molecule has 1 amide bonds. The number of carbonyl (C=O) groups excluding carboxylic acids is 1. The summed E-state index contributed by atoms with van der Waals surface area (Å²) < 4.78 is 0. The van der Waals surface area contributed by atoms with Crippen molar-refractivity contribution < 1.29 is 9.90 Å². The molecule has 0 radical (unpaired) electrons. The van der Waals surface area contributed by atoms with Crippen LogP contribution >= 0.6 is 0 Å². The van der Waals surface area contributed by atoms with E-state index in [9.17, 15) is 9.90 Å². The fraction of sp³-hybridized carbons (Fsp3) is 0.917. The second kappa shape index (κ2) is 6.83. The summed E-state index contributed by atoms with van der Waals surface area (Å²) in [5.74, 6) is 0.156. The molecule has 0 aromatic rings. The van der Waals surface area contributed by atoms with Gasteiger partial charge >= 0.3 is 0 Å². The van der Waals surface area contributed by atoms with E-state index in [1.165, 1.54) is 0 Å². The highest BCUT2D eigenvalue weighted by Crippen LogP contribution is 2.14. The lowest BCUT2D eigenvalue weighted by Gasteiger charge is -2.26. The monoisotopic (exact) mass is 215 g/mol. The minimum atomic E-state index is -0.734. The van der Waals surface area contributed by atoms with Gasteiger partial charge in [0.15, 0.2) is 0 Å². The normalized spacial score (nSPS) is 11.9. The zero-order chi connectivity index (χ0) is 11.9. The van der Waals surface area contributed by atoms with E-state index in [0.29, 0.717) is 19.4 Å². The van der Waals surface area contributed by atoms with Gasteiger partial charge in [-0.25, -0.2) is 0 Å². The fourth-order valence-electron chi connectivity index (χ4n) is 1.56. The summed E-state index contributed by atoms with van der Waals surface area (Å²) in [6, 6.07) is 0. The van der Waals surface area contributed by atoms with Crippen LogP contribution in [0.4, 0.5) is 0 Å². The van der Waals surface area contributed by atoms with Crippen molar-refractivity contribution in [3.05, 3.63) is 0 Å². The first kappa shape index (κ1) is 14.4. The molecule has 0 aliphatic carbocycles. The van der Waals surface area contributed by atoms with Crippen LogP contribution in [-0.2, 0) is 4.79 Å². The van der Waals surface area contributed by atoms with Crippen molar-refractivity contribution in [1.82, 2.24) is 5.32 Å². The Hall–Kier alpha value is -0.570. The van der Waals surface area contributed by atoms with Gasteiger partial charge in [-0.2, -0.15) is 0 Å². The SMILES string of the molecule is CCC(CC)C(=O)NCC(O)(CC)CC. The molecule has 0 aliphatic rings. The first-order valence-electron chi connectivity index (χ1n) is 6.03. The van der Waals surface area contributed by atoms with Gasteiger partial charge < -0.3 is 10.4 Å². The molecule has 3 heteroatoms. The number of aliphatic hydroxyl groups is 1. The molecule has 15 heavy (non-hydrogen) atoms. The molecule has 90 valence electrons. The molecule has 0 unspecified atom stereocenters. The largest absolute Gasteiger partial charge is 0.388 e. The Kier molecular flexibility index (Phi) is 6.57. The van der Waals surface area contributed by atoms with E-state index < -0.39 is 5.60 Å². The third-order valence-corrected chi connectivity index (χ3v) is 3.26. The van der Waals surface area contributed by atoms with Crippen molar-refractivity contribution in [2.75, 3.05) is 6.54 Å². The molecule has 0 aliphatic heterocycles. The molecule has 0 aromatic heterocycles. The maximum atomic E-state index is 11.7. The Balaban J connectivity index is 4.08. The predicted molar refractivity (Wildman–Crippen MR) is 62.6 cm³/mol. The average Bonchev–Trinajstić information content (AvgIpc) is 2.27. The van der Waals surface area contributed by atoms with E-state index in [4.69, 9.17) is 0 Å². The minimum Gasteiger partial charge on any atom is -0.388 e. The van der Waals surface area contributed by atoms with Gasteiger partial charge in [-0.3, -0.25) is 4.79 Å². The first-order valence-corrected chi connectivity index (χ1v) is 6.03. The van der Waals surface area contributed by atoms with Gasteiger partial charge in [-0.05, 0) is 25.7 Å². The lowest BCUT2D eigenvalue weighted by molar-refractivity contribution is -0.126. The van der Waals surface area contributed by atoms with Crippen LogP contribution in [0.3, 0.4) is 0 Å². The molecule has 0 fully saturated rings. The van der Waals surface area contributed by atoms with Crippen LogP contribution in [0, 0.1) is 5.92 Å². The summed E-state index contributed by atoms with van der Waals surface area (Å²) in [5, 5.41) is 12.8. The number of rotatable bonds is 7. The van der Waals surface area contributed by atoms with Crippen LogP contribution in [0.15, 0.2) is 0 Å². The molecule has 0 atom stereocenters. The van der Waals surface area contributed by atoms with Crippen molar-refractivity contribution in [2.24, 2.45) is 5.92 Å². The Morgan fingerprint density at radius 1 is 1.20 bits per heavy atom. The number of hydrogen-bond acceptors (Lipinski definition) is 2.